The molecule has 0 aliphatic carbocycles. The molecular formula is C47H28F3N5. The number of halogens is 3. The fraction of sp³-hybridized carbons (Fsp3) is 0.0213. The molecule has 8 heteroatoms. The first-order valence-corrected chi connectivity index (χ1v) is 17.6. The highest BCUT2D eigenvalue weighted by atomic mass is 19.4. The average molecular weight is 720 g/mol. The van der Waals surface area contributed by atoms with E-state index in [-0.39, 0.29) is 0 Å². The van der Waals surface area contributed by atoms with Gasteiger partial charge in [-0.25, -0.2) is 15.0 Å². The van der Waals surface area contributed by atoms with Gasteiger partial charge in [-0.05, 0) is 76.9 Å². The molecule has 0 unspecified atom stereocenters. The number of hydrogen-bond acceptors (Lipinski definition) is 4. The summed E-state index contributed by atoms with van der Waals surface area (Å²) in [5.41, 5.74) is 7.48. The van der Waals surface area contributed by atoms with Crippen molar-refractivity contribution >= 4 is 21.8 Å². The minimum Gasteiger partial charge on any atom is -0.308 e. The van der Waals surface area contributed by atoms with Gasteiger partial charge in [0.2, 0.25) is 0 Å². The molecule has 0 atom stereocenters. The van der Waals surface area contributed by atoms with Crippen LogP contribution in [0.25, 0.3) is 83.9 Å². The standard InChI is InChI=1S/C47H28F3N5/c48-47(49,50)37-18-10-17-34(26-37)36-21-23-39(46-53-44(31-12-3-1-4-13-31)52-45(54-46)32-14-5-2-6-15-32)43(28-36)55-41-20-8-7-19-38(41)40-27-35(22-24-42(40)55)33-16-9-11-30(25-33)29-51/h1-28H. The summed E-state index contributed by atoms with van der Waals surface area (Å²) in [6, 6.07) is 54.3. The molecular weight excluding hydrogens is 692 g/mol. The zero-order valence-corrected chi connectivity index (χ0v) is 29.0. The maximum atomic E-state index is 13.9. The van der Waals surface area contributed by atoms with Gasteiger partial charge in [0.15, 0.2) is 17.5 Å². The van der Waals surface area contributed by atoms with E-state index in [1.165, 1.54) is 12.1 Å². The van der Waals surface area contributed by atoms with Crippen LogP contribution in [0.5, 0.6) is 0 Å². The van der Waals surface area contributed by atoms with Crippen LogP contribution < -0.4 is 0 Å². The summed E-state index contributed by atoms with van der Waals surface area (Å²) in [5, 5.41) is 11.5. The van der Waals surface area contributed by atoms with E-state index < -0.39 is 11.7 Å². The van der Waals surface area contributed by atoms with E-state index in [4.69, 9.17) is 15.0 Å². The van der Waals surface area contributed by atoms with Crippen LogP contribution in [-0.2, 0) is 6.18 Å². The normalized spacial score (nSPS) is 11.5. The topological polar surface area (TPSA) is 67.4 Å². The van der Waals surface area contributed by atoms with Gasteiger partial charge < -0.3 is 4.57 Å². The number of hydrogen-bond donors (Lipinski definition) is 0. The molecule has 9 rings (SSSR count). The second kappa shape index (κ2) is 13.6. The molecule has 2 aromatic heterocycles. The summed E-state index contributed by atoms with van der Waals surface area (Å²) in [6.07, 6.45) is -4.50. The van der Waals surface area contributed by atoms with Crippen molar-refractivity contribution in [3.63, 3.8) is 0 Å². The predicted molar refractivity (Wildman–Crippen MR) is 211 cm³/mol. The molecule has 0 N–H and O–H groups in total. The maximum Gasteiger partial charge on any atom is 0.416 e. The van der Waals surface area contributed by atoms with Crippen molar-refractivity contribution in [1.82, 2.24) is 19.5 Å². The van der Waals surface area contributed by atoms with Gasteiger partial charge in [-0.1, -0.05) is 115 Å². The summed E-state index contributed by atoms with van der Waals surface area (Å²) in [6.45, 7) is 0. The molecule has 5 nitrogen and oxygen atoms in total. The highest BCUT2D eigenvalue weighted by Crippen LogP contribution is 2.40. The SMILES string of the molecule is N#Cc1cccc(-c2ccc3c(c2)c2ccccc2n3-c2cc(-c3cccc(C(F)(F)F)c3)ccc2-c2nc(-c3ccccc3)nc(-c3ccccc3)n2)c1. The Morgan fingerprint density at radius 3 is 1.69 bits per heavy atom. The van der Waals surface area contributed by atoms with Gasteiger partial charge >= 0.3 is 6.18 Å². The Hall–Kier alpha value is -7.37. The van der Waals surface area contributed by atoms with Crippen LogP contribution in [0.4, 0.5) is 13.2 Å². The largest absolute Gasteiger partial charge is 0.416 e. The van der Waals surface area contributed by atoms with Gasteiger partial charge in [0, 0.05) is 27.5 Å². The van der Waals surface area contributed by atoms with Crippen LogP contribution in [0, 0.1) is 11.3 Å². The fourth-order valence-electron chi connectivity index (χ4n) is 7.07. The van der Waals surface area contributed by atoms with Crippen molar-refractivity contribution in [2.75, 3.05) is 0 Å². The lowest BCUT2D eigenvalue weighted by molar-refractivity contribution is -0.137. The average Bonchev–Trinajstić information content (AvgIpc) is 3.57. The van der Waals surface area contributed by atoms with Crippen LogP contribution in [-0.4, -0.2) is 19.5 Å². The predicted octanol–water partition coefficient (Wildman–Crippen LogP) is 12.2. The Kier molecular flexibility index (Phi) is 8.25. The molecule has 0 radical (unpaired) electrons. The van der Waals surface area contributed by atoms with Crippen LogP contribution in [0.3, 0.4) is 0 Å². The molecule has 0 saturated carbocycles. The van der Waals surface area contributed by atoms with Crippen LogP contribution in [0.1, 0.15) is 11.1 Å². The minimum atomic E-state index is -4.50. The third-order valence-electron chi connectivity index (χ3n) is 9.70. The zero-order chi connectivity index (χ0) is 37.5. The van der Waals surface area contributed by atoms with Gasteiger partial charge in [0.1, 0.15) is 0 Å². The Morgan fingerprint density at radius 1 is 0.455 bits per heavy atom. The smallest absolute Gasteiger partial charge is 0.308 e. The van der Waals surface area contributed by atoms with E-state index in [1.54, 1.807) is 12.1 Å². The van der Waals surface area contributed by atoms with Crippen molar-refractivity contribution in [2.24, 2.45) is 0 Å². The number of fused-ring (bicyclic) bond motifs is 3. The van der Waals surface area contributed by atoms with E-state index in [0.717, 1.165) is 50.1 Å². The molecule has 55 heavy (non-hydrogen) atoms. The molecule has 0 aliphatic heterocycles. The highest BCUT2D eigenvalue weighted by Gasteiger charge is 2.30. The molecule has 7 aromatic carbocycles. The van der Waals surface area contributed by atoms with Crippen molar-refractivity contribution in [1.29, 1.82) is 5.26 Å². The number of nitrogens with zero attached hydrogens (tertiary/aromatic N) is 5. The zero-order valence-electron chi connectivity index (χ0n) is 29.0. The van der Waals surface area contributed by atoms with Crippen LogP contribution in [0.15, 0.2) is 170 Å². The molecule has 0 spiro atoms. The lowest BCUT2D eigenvalue weighted by Crippen LogP contribution is -2.05. The van der Waals surface area contributed by atoms with Gasteiger partial charge in [0.25, 0.3) is 0 Å². The lowest BCUT2D eigenvalue weighted by Gasteiger charge is -2.17. The molecule has 9 aromatic rings. The minimum absolute atomic E-state index is 0.411. The number of alkyl halides is 3. The van der Waals surface area contributed by atoms with Crippen molar-refractivity contribution < 1.29 is 13.2 Å². The highest BCUT2D eigenvalue weighted by molar-refractivity contribution is 6.11. The van der Waals surface area contributed by atoms with E-state index in [1.807, 2.05) is 127 Å². The van der Waals surface area contributed by atoms with Crippen molar-refractivity contribution in [3.8, 4) is 68.2 Å². The Balaban J connectivity index is 1.33. The van der Waals surface area contributed by atoms with Crippen LogP contribution >= 0.6 is 0 Å². The molecule has 262 valence electrons. The molecule has 0 bridgehead atoms. The first kappa shape index (κ1) is 33.5. The fourth-order valence-corrected chi connectivity index (χ4v) is 7.07. The second-order valence-corrected chi connectivity index (χ2v) is 13.1. The number of aromatic nitrogens is 4. The first-order valence-electron chi connectivity index (χ1n) is 17.6. The van der Waals surface area contributed by atoms with Gasteiger partial charge in [-0.3, -0.25) is 0 Å². The number of benzene rings is 7. The van der Waals surface area contributed by atoms with Crippen molar-refractivity contribution in [3.05, 3.63) is 181 Å². The lowest BCUT2D eigenvalue weighted by atomic mass is 9.99. The van der Waals surface area contributed by atoms with E-state index in [2.05, 4.69) is 22.8 Å². The molecule has 0 aliphatic rings. The van der Waals surface area contributed by atoms with Crippen molar-refractivity contribution in [2.45, 2.75) is 6.18 Å². The number of nitriles is 1. The second-order valence-electron chi connectivity index (χ2n) is 13.1. The third-order valence-corrected chi connectivity index (χ3v) is 9.70. The van der Waals surface area contributed by atoms with Crippen LogP contribution in [0.2, 0.25) is 0 Å². The van der Waals surface area contributed by atoms with Gasteiger partial charge in [-0.2, -0.15) is 18.4 Å². The van der Waals surface area contributed by atoms with E-state index >= 15 is 0 Å². The van der Waals surface area contributed by atoms with E-state index in [0.29, 0.717) is 45.4 Å². The Labute approximate surface area is 314 Å². The summed E-state index contributed by atoms with van der Waals surface area (Å²) in [5.74, 6) is 1.39. The molecule has 2 heterocycles. The summed E-state index contributed by atoms with van der Waals surface area (Å²) in [4.78, 5) is 15.0. The summed E-state index contributed by atoms with van der Waals surface area (Å²) in [7, 11) is 0. The summed E-state index contributed by atoms with van der Waals surface area (Å²) >= 11 is 0. The van der Waals surface area contributed by atoms with Gasteiger partial charge in [0.05, 0.1) is 33.9 Å². The van der Waals surface area contributed by atoms with Gasteiger partial charge in [-0.15, -0.1) is 0 Å². The monoisotopic (exact) mass is 719 g/mol. The summed E-state index contributed by atoms with van der Waals surface area (Å²) < 4.78 is 43.9. The first-order chi connectivity index (χ1) is 26.8. The number of para-hydroxylation sites is 1. The molecule has 0 amide bonds. The quantitative estimate of drug-likeness (QED) is 0.172. The molecule has 0 saturated heterocycles. The maximum absolute atomic E-state index is 13.9. The van der Waals surface area contributed by atoms with E-state index in [9.17, 15) is 18.4 Å². The Morgan fingerprint density at radius 2 is 1.00 bits per heavy atom. The Bertz CT molecular complexity index is 2870. The molecule has 0 fully saturated rings. The third kappa shape index (κ3) is 6.28. The number of rotatable bonds is 6.